The number of nitrogens with zero attached hydrogens (tertiary/aromatic N) is 2. The molecule has 1 fully saturated rings. The smallest absolute Gasteiger partial charge is 0.223 e. The van der Waals surface area contributed by atoms with Crippen molar-refractivity contribution in [3.05, 3.63) is 35.3 Å². The van der Waals surface area contributed by atoms with Crippen LogP contribution in [0.3, 0.4) is 0 Å². The van der Waals surface area contributed by atoms with E-state index in [4.69, 9.17) is 0 Å². The van der Waals surface area contributed by atoms with Gasteiger partial charge in [0.25, 0.3) is 0 Å². The standard InChI is InChI=1S/C10H12N2O2/c13-10-5-3-6-11(10)8-9-4-1-2-7-12(9)14/h1-2,4,7H,3,5-6,8H2. The number of carbonyl (C=O) groups excluding carboxylic acids is 1. The first-order valence-electron chi connectivity index (χ1n) is 4.72. The van der Waals surface area contributed by atoms with Crippen LogP contribution in [0.5, 0.6) is 0 Å². The number of amides is 1. The molecule has 0 N–H and O–H groups in total. The monoisotopic (exact) mass is 192 g/mol. The highest BCUT2D eigenvalue weighted by molar-refractivity contribution is 5.77. The van der Waals surface area contributed by atoms with Crippen LogP contribution in [-0.4, -0.2) is 17.4 Å². The van der Waals surface area contributed by atoms with Gasteiger partial charge in [-0.25, -0.2) is 0 Å². The second-order valence-electron chi connectivity index (χ2n) is 3.44. The molecule has 1 saturated heterocycles. The Labute approximate surface area is 82.3 Å². The Morgan fingerprint density at radius 2 is 2.36 bits per heavy atom. The Bertz CT molecular complexity index is 352. The Kier molecular flexibility index (Phi) is 2.35. The predicted octanol–water partition coefficient (Wildman–Crippen LogP) is 0.442. The number of carbonyl (C=O) groups is 1. The third-order valence-electron chi connectivity index (χ3n) is 2.43. The van der Waals surface area contributed by atoms with Crippen molar-refractivity contribution in [3.8, 4) is 0 Å². The van der Waals surface area contributed by atoms with Crippen LogP contribution in [0.1, 0.15) is 18.5 Å². The summed E-state index contributed by atoms with van der Waals surface area (Å²) in [6.07, 6.45) is 2.98. The van der Waals surface area contributed by atoms with Crippen molar-refractivity contribution in [3.63, 3.8) is 0 Å². The first kappa shape index (κ1) is 8.99. The zero-order chi connectivity index (χ0) is 9.97. The molecule has 4 heteroatoms. The summed E-state index contributed by atoms with van der Waals surface area (Å²) in [7, 11) is 0. The zero-order valence-corrected chi connectivity index (χ0v) is 7.85. The van der Waals surface area contributed by atoms with Crippen molar-refractivity contribution < 1.29 is 9.52 Å². The molecule has 0 saturated carbocycles. The number of rotatable bonds is 2. The maximum absolute atomic E-state index is 11.3. The number of hydrogen-bond acceptors (Lipinski definition) is 2. The number of likely N-dealkylation sites (tertiary alicyclic amines) is 1. The second kappa shape index (κ2) is 3.65. The quantitative estimate of drug-likeness (QED) is 0.504. The lowest BCUT2D eigenvalue weighted by molar-refractivity contribution is -0.615. The molecule has 0 unspecified atom stereocenters. The topological polar surface area (TPSA) is 47.2 Å². The van der Waals surface area contributed by atoms with E-state index in [0.717, 1.165) is 17.7 Å². The summed E-state index contributed by atoms with van der Waals surface area (Å²) in [6, 6.07) is 5.24. The molecule has 1 aliphatic heterocycles. The number of hydrogen-bond donors (Lipinski definition) is 0. The van der Waals surface area contributed by atoms with Gasteiger partial charge in [0, 0.05) is 25.1 Å². The molecule has 4 nitrogen and oxygen atoms in total. The van der Waals surface area contributed by atoms with Gasteiger partial charge in [-0.3, -0.25) is 4.79 Å². The minimum atomic E-state index is 0.147. The third-order valence-corrected chi connectivity index (χ3v) is 2.43. The molecule has 14 heavy (non-hydrogen) atoms. The fourth-order valence-electron chi connectivity index (χ4n) is 1.65. The Hall–Kier alpha value is -1.58. The highest BCUT2D eigenvalue weighted by atomic mass is 16.5. The summed E-state index contributed by atoms with van der Waals surface area (Å²) >= 11 is 0. The van der Waals surface area contributed by atoms with E-state index >= 15 is 0 Å². The largest absolute Gasteiger partial charge is 0.618 e. The van der Waals surface area contributed by atoms with Crippen molar-refractivity contribution >= 4 is 5.91 Å². The maximum atomic E-state index is 11.3. The van der Waals surface area contributed by atoms with Crippen LogP contribution in [0.2, 0.25) is 0 Å². The molecule has 0 atom stereocenters. The van der Waals surface area contributed by atoms with Crippen LogP contribution in [0.25, 0.3) is 0 Å². The van der Waals surface area contributed by atoms with Crippen LogP contribution >= 0.6 is 0 Å². The van der Waals surface area contributed by atoms with Gasteiger partial charge in [-0.15, -0.1) is 0 Å². The van der Waals surface area contributed by atoms with E-state index in [1.54, 1.807) is 17.0 Å². The molecule has 0 spiro atoms. The average Bonchev–Trinajstić information content (AvgIpc) is 2.56. The summed E-state index contributed by atoms with van der Waals surface area (Å²) in [5.74, 6) is 0.147. The SMILES string of the molecule is O=C1CCCN1Cc1cccc[n+]1[O-]. The van der Waals surface area contributed by atoms with Gasteiger partial charge in [0.1, 0.15) is 6.54 Å². The molecule has 0 aromatic carbocycles. The van der Waals surface area contributed by atoms with Crippen LogP contribution in [0.4, 0.5) is 0 Å². The second-order valence-corrected chi connectivity index (χ2v) is 3.44. The van der Waals surface area contributed by atoms with E-state index in [-0.39, 0.29) is 5.91 Å². The Morgan fingerprint density at radius 1 is 1.50 bits per heavy atom. The molecule has 2 heterocycles. The van der Waals surface area contributed by atoms with Crippen LogP contribution in [0.15, 0.2) is 24.4 Å². The van der Waals surface area contributed by atoms with E-state index in [0.29, 0.717) is 18.7 Å². The van der Waals surface area contributed by atoms with Gasteiger partial charge >= 0.3 is 0 Å². The van der Waals surface area contributed by atoms with Crippen molar-refractivity contribution in [2.45, 2.75) is 19.4 Å². The summed E-state index contributed by atoms with van der Waals surface area (Å²) in [6.45, 7) is 1.21. The molecule has 1 aliphatic rings. The lowest BCUT2D eigenvalue weighted by Crippen LogP contribution is -2.36. The number of pyridine rings is 1. The normalized spacial score (nSPS) is 16.3. The first-order chi connectivity index (χ1) is 6.77. The lowest BCUT2D eigenvalue weighted by atomic mass is 10.3. The van der Waals surface area contributed by atoms with E-state index in [1.165, 1.54) is 6.20 Å². The Balaban J connectivity index is 2.10. The number of aromatic nitrogens is 1. The first-order valence-corrected chi connectivity index (χ1v) is 4.72. The van der Waals surface area contributed by atoms with Crippen LogP contribution < -0.4 is 4.73 Å². The van der Waals surface area contributed by atoms with Gasteiger partial charge < -0.3 is 10.1 Å². The molecule has 0 bridgehead atoms. The van der Waals surface area contributed by atoms with Gasteiger partial charge in [0.2, 0.25) is 11.6 Å². The van der Waals surface area contributed by atoms with Gasteiger partial charge in [-0.1, -0.05) is 0 Å². The van der Waals surface area contributed by atoms with Gasteiger partial charge in [0.05, 0.1) is 0 Å². The van der Waals surface area contributed by atoms with Gasteiger partial charge in [0.15, 0.2) is 6.20 Å². The molecule has 1 aromatic heterocycles. The van der Waals surface area contributed by atoms with E-state index in [9.17, 15) is 10.0 Å². The maximum Gasteiger partial charge on any atom is 0.223 e. The van der Waals surface area contributed by atoms with E-state index in [1.807, 2.05) is 6.07 Å². The molecule has 2 rings (SSSR count). The van der Waals surface area contributed by atoms with Crippen LogP contribution in [-0.2, 0) is 11.3 Å². The summed E-state index contributed by atoms with van der Waals surface area (Å²) in [4.78, 5) is 13.0. The van der Waals surface area contributed by atoms with Crippen molar-refractivity contribution in [1.29, 1.82) is 0 Å². The van der Waals surface area contributed by atoms with Gasteiger partial charge in [-0.2, -0.15) is 4.73 Å². The highest BCUT2D eigenvalue weighted by Crippen LogP contribution is 2.11. The minimum Gasteiger partial charge on any atom is -0.618 e. The molecular formula is C10H12N2O2. The fourth-order valence-corrected chi connectivity index (χ4v) is 1.65. The molecular weight excluding hydrogens is 180 g/mol. The van der Waals surface area contributed by atoms with E-state index < -0.39 is 0 Å². The molecule has 1 amide bonds. The van der Waals surface area contributed by atoms with Crippen molar-refractivity contribution in [2.24, 2.45) is 0 Å². The van der Waals surface area contributed by atoms with Crippen molar-refractivity contribution in [1.82, 2.24) is 4.90 Å². The third kappa shape index (κ3) is 1.69. The minimum absolute atomic E-state index is 0.147. The zero-order valence-electron chi connectivity index (χ0n) is 7.85. The highest BCUT2D eigenvalue weighted by Gasteiger charge is 2.22. The van der Waals surface area contributed by atoms with Crippen molar-refractivity contribution in [2.75, 3.05) is 6.54 Å². The van der Waals surface area contributed by atoms with Gasteiger partial charge in [-0.05, 0) is 12.5 Å². The Morgan fingerprint density at radius 3 is 3.00 bits per heavy atom. The summed E-state index contributed by atoms with van der Waals surface area (Å²) in [5, 5.41) is 11.3. The van der Waals surface area contributed by atoms with Crippen LogP contribution in [0, 0.1) is 5.21 Å². The molecule has 74 valence electrons. The molecule has 0 aliphatic carbocycles. The molecule has 1 aromatic rings. The summed E-state index contributed by atoms with van der Waals surface area (Å²) in [5.41, 5.74) is 0.628. The average molecular weight is 192 g/mol. The molecule has 0 radical (unpaired) electrons. The summed E-state index contributed by atoms with van der Waals surface area (Å²) < 4.78 is 0.811. The lowest BCUT2D eigenvalue weighted by Gasteiger charge is -2.14. The predicted molar refractivity (Wildman–Crippen MR) is 50.1 cm³/mol. The van der Waals surface area contributed by atoms with E-state index in [2.05, 4.69) is 0 Å². The fraction of sp³-hybridized carbons (Fsp3) is 0.400.